The van der Waals surface area contributed by atoms with Gasteiger partial charge in [-0.15, -0.1) is 0 Å². The molecule has 3 fully saturated rings. The third-order valence-corrected chi connectivity index (χ3v) is 7.35. The fourth-order valence-corrected chi connectivity index (χ4v) is 5.43. The van der Waals surface area contributed by atoms with Gasteiger partial charge in [0, 0.05) is 48.2 Å². The van der Waals surface area contributed by atoms with Gasteiger partial charge in [-0.3, -0.25) is 14.4 Å². The highest BCUT2D eigenvalue weighted by atomic mass is 16.3. The zero-order valence-electron chi connectivity index (χ0n) is 17.3. The molecule has 0 aromatic carbocycles. The van der Waals surface area contributed by atoms with Crippen LogP contribution in [-0.4, -0.2) is 45.1 Å². The Labute approximate surface area is 175 Å². The third-order valence-electron chi connectivity index (χ3n) is 7.35. The molecule has 0 bridgehead atoms. The number of pyridine rings is 1. The fraction of sp³-hybridized carbons (Fsp3) is 0.609. The van der Waals surface area contributed by atoms with Crippen LogP contribution in [0.1, 0.15) is 56.3 Å². The summed E-state index contributed by atoms with van der Waals surface area (Å²) in [5, 5.41) is 13.4. The van der Waals surface area contributed by atoms with Gasteiger partial charge in [0.15, 0.2) is 0 Å². The number of aromatic nitrogens is 1. The average molecular weight is 412 g/mol. The van der Waals surface area contributed by atoms with Gasteiger partial charge in [-0.2, -0.15) is 0 Å². The predicted molar refractivity (Wildman–Crippen MR) is 111 cm³/mol. The van der Waals surface area contributed by atoms with Crippen molar-refractivity contribution in [3.05, 3.63) is 39.8 Å². The van der Waals surface area contributed by atoms with Gasteiger partial charge in [-0.1, -0.05) is 12.2 Å². The van der Waals surface area contributed by atoms with E-state index in [2.05, 4.69) is 5.32 Å². The number of aliphatic hydroxyl groups excluding tert-OH is 1. The predicted octanol–water partition coefficient (Wildman–Crippen LogP) is 1.45. The van der Waals surface area contributed by atoms with Gasteiger partial charge in [0.2, 0.25) is 11.8 Å². The van der Waals surface area contributed by atoms with Gasteiger partial charge in [-0.05, 0) is 51.2 Å². The molecule has 0 unspecified atom stereocenters. The van der Waals surface area contributed by atoms with Crippen molar-refractivity contribution in [1.82, 2.24) is 14.8 Å². The van der Waals surface area contributed by atoms with E-state index in [4.69, 9.17) is 0 Å². The molecule has 2 N–H and O–H groups in total. The number of carbonyl (C=O) groups excluding carboxylic acids is 2. The van der Waals surface area contributed by atoms with Crippen LogP contribution in [0.2, 0.25) is 0 Å². The minimum Gasteiger partial charge on any atom is -0.396 e. The highest BCUT2D eigenvalue weighted by Gasteiger charge is 2.58. The molecule has 2 aliphatic heterocycles. The Hall–Kier alpha value is -2.41. The zero-order valence-corrected chi connectivity index (χ0v) is 17.3. The Balaban J connectivity index is 1.55. The zero-order chi connectivity index (χ0) is 21.0. The number of hydrogen-bond acceptors (Lipinski definition) is 4. The van der Waals surface area contributed by atoms with Crippen LogP contribution in [0.4, 0.5) is 0 Å². The summed E-state index contributed by atoms with van der Waals surface area (Å²) in [5.74, 6) is -0.703. The first-order valence-corrected chi connectivity index (χ1v) is 11.1. The number of nitrogens with zero attached hydrogens (tertiary/aromatic N) is 2. The van der Waals surface area contributed by atoms with E-state index in [0.717, 1.165) is 37.8 Å². The molecule has 4 aliphatic rings. The lowest BCUT2D eigenvalue weighted by molar-refractivity contribution is -0.143. The first-order valence-electron chi connectivity index (χ1n) is 11.1. The van der Waals surface area contributed by atoms with Crippen molar-refractivity contribution in [2.75, 3.05) is 6.61 Å². The van der Waals surface area contributed by atoms with Crippen molar-refractivity contribution in [2.24, 2.45) is 17.8 Å². The van der Waals surface area contributed by atoms with Crippen LogP contribution in [-0.2, 0) is 16.1 Å². The first kappa shape index (κ1) is 19.5. The van der Waals surface area contributed by atoms with E-state index in [9.17, 15) is 19.5 Å². The monoisotopic (exact) mass is 411 g/mol. The minimum atomic E-state index is -0.669. The summed E-state index contributed by atoms with van der Waals surface area (Å²) in [4.78, 5) is 41.3. The maximum Gasteiger partial charge on any atom is 0.258 e. The second-order valence-electron chi connectivity index (χ2n) is 9.19. The molecule has 4 atom stereocenters. The summed E-state index contributed by atoms with van der Waals surface area (Å²) in [6, 6.07) is 2.88. The number of fused-ring (bicyclic) bond motifs is 3. The number of carbonyl (C=O) groups is 2. The summed E-state index contributed by atoms with van der Waals surface area (Å²) in [5.41, 5.74) is 1.32. The van der Waals surface area contributed by atoms with E-state index in [-0.39, 0.29) is 53.8 Å². The Morgan fingerprint density at radius 1 is 1.23 bits per heavy atom. The number of aliphatic hydroxyl groups is 1. The summed E-state index contributed by atoms with van der Waals surface area (Å²) in [6.07, 6.45) is 8.37. The van der Waals surface area contributed by atoms with Gasteiger partial charge in [0.1, 0.15) is 6.04 Å². The summed E-state index contributed by atoms with van der Waals surface area (Å²) in [7, 11) is 0. The van der Waals surface area contributed by atoms with E-state index >= 15 is 0 Å². The molecule has 160 valence electrons. The molecule has 7 heteroatoms. The summed E-state index contributed by atoms with van der Waals surface area (Å²) in [6.45, 7) is 2.12. The van der Waals surface area contributed by atoms with Crippen LogP contribution in [0.3, 0.4) is 0 Å². The first-order chi connectivity index (χ1) is 14.5. The smallest absolute Gasteiger partial charge is 0.258 e. The standard InChI is InChI=1S/C23H29N3O4/c1-2-4-13-9-10-18-19-16(11-25(18)22(13)29)17(12-27)20(21(28)24-15-5-3-6-15)26(19)23(30)14-7-8-14/h2,4,9-10,14-17,19-20,27H,3,5-8,11-12H2,1H3,(H,24,28)/b4-2-/t16-,17-,19+,20-/m1/s1. The SMILES string of the molecule is C/C=C\c1ccc2n(c1=O)C[C@@H]1[C@@H](CO)[C@H](C(=O)NC3CCC3)N(C(=O)C3CC3)[C@H]21. The van der Waals surface area contributed by atoms with Crippen molar-refractivity contribution in [2.45, 2.75) is 63.7 Å². The van der Waals surface area contributed by atoms with Crippen LogP contribution in [0, 0.1) is 17.8 Å². The number of rotatable bonds is 5. The van der Waals surface area contributed by atoms with Crippen LogP contribution >= 0.6 is 0 Å². The van der Waals surface area contributed by atoms with E-state index in [1.165, 1.54) is 0 Å². The number of likely N-dealkylation sites (tertiary alicyclic amines) is 1. The fourth-order valence-electron chi connectivity index (χ4n) is 5.43. The van der Waals surface area contributed by atoms with Gasteiger partial charge in [0.05, 0.1) is 6.04 Å². The van der Waals surface area contributed by atoms with Crippen molar-refractivity contribution in [3.63, 3.8) is 0 Å². The highest BCUT2D eigenvalue weighted by molar-refractivity contribution is 5.91. The second kappa shape index (κ2) is 7.38. The van der Waals surface area contributed by atoms with Gasteiger partial charge < -0.3 is 19.9 Å². The maximum atomic E-state index is 13.3. The number of allylic oxidation sites excluding steroid dienone is 1. The largest absolute Gasteiger partial charge is 0.396 e. The van der Waals surface area contributed by atoms with E-state index in [1.807, 2.05) is 19.1 Å². The van der Waals surface area contributed by atoms with Crippen LogP contribution in [0.25, 0.3) is 6.08 Å². The van der Waals surface area contributed by atoms with Crippen molar-refractivity contribution in [1.29, 1.82) is 0 Å². The molecular formula is C23H29N3O4. The quantitative estimate of drug-likeness (QED) is 0.767. The lowest BCUT2D eigenvalue weighted by atomic mass is 9.87. The average Bonchev–Trinajstić information content (AvgIpc) is 3.41. The third kappa shape index (κ3) is 2.94. The highest BCUT2D eigenvalue weighted by Crippen LogP contribution is 2.51. The number of nitrogens with one attached hydrogen (secondary N) is 1. The Kier molecular flexibility index (Phi) is 4.81. The molecule has 3 heterocycles. The normalized spacial score (nSPS) is 30.3. The molecule has 2 saturated carbocycles. The molecule has 7 nitrogen and oxygen atoms in total. The van der Waals surface area contributed by atoms with E-state index < -0.39 is 6.04 Å². The molecular weight excluding hydrogens is 382 g/mol. The van der Waals surface area contributed by atoms with Crippen molar-refractivity contribution >= 4 is 17.9 Å². The van der Waals surface area contributed by atoms with E-state index in [0.29, 0.717) is 12.1 Å². The minimum absolute atomic E-state index is 0.00635. The Bertz CT molecular complexity index is 960. The summed E-state index contributed by atoms with van der Waals surface area (Å²) < 4.78 is 1.74. The lowest BCUT2D eigenvalue weighted by Gasteiger charge is -2.34. The maximum absolute atomic E-state index is 13.3. The lowest BCUT2D eigenvalue weighted by Crippen LogP contribution is -2.54. The molecule has 1 aromatic heterocycles. The van der Waals surface area contributed by atoms with Crippen molar-refractivity contribution in [3.8, 4) is 0 Å². The molecule has 0 spiro atoms. The number of amides is 2. The topological polar surface area (TPSA) is 91.6 Å². The van der Waals surface area contributed by atoms with Crippen molar-refractivity contribution < 1.29 is 14.7 Å². The Morgan fingerprint density at radius 3 is 2.60 bits per heavy atom. The molecule has 1 aromatic rings. The molecule has 5 rings (SSSR count). The Morgan fingerprint density at radius 2 is 2.00 bits per heavy atom. The molecule has 2 amide bonds. The van der Waals surface area contributed by atoms with Crippen LogP contribution in [0.5, 0.6) is 0 Å². The van der Waals surface area contributed by atoms with Crippen LogP contribution in [0.15, 0.2) is 23.0 Å². The van der Waals surface area contributed by atoms with E-state index in [1.54, 1.807) is 21.6 Å². The number of hydrogen-bond donors (Lipinski definition) is 2. The molecule has 30 heavy (non-hydrogen) atoms. The summed E-state index contributed by atoms with van der Waals surface area (Å²) >= 11 is 0. The van der Waals surface area contributed by atoms with Gasteiger partial charge in [-0.25, -0.2) is 0 Å². The van der Waals surface area contributed by atoms with Gasteiger partial charge in [0.25, 0.3) is 5.56 Å². The molecule has 1 saturated heterocycles. The van der Waals surface area contributed by atoms with Crippen LogP contribution < -0.4 is 10.9 Å². The molecule has 0 radical (unpaired) electrons. The molecule has 2 aliphatic carbocycles. The van der Waals surface area contributed by atoms with Gasteiger partial charge >= 0.3 is 0 Å². The second-order valence-corrected chi connectivity index (χ2v) is 9.19.